The first-order valence-corrected chi connectivity index (χ1v) is 23.1. The fraction of sp³-hybridized carbons (Fsp3) is 0.500. The fourth-order valence-corrected chi connectivity index (χ4v) is 7.57. The first kappa shape index (κ1) is 58.4. The maximum Gasteiger partial charge on any atom is 0.326 e. The topological polar surface area (TPSA) is 443 Å². The van der Waals surface area contributed by atoms with Gasteiger partial charge in [-0.1, -0.05) is 56.3 Å². The number of phenols is 1. The Kier molecular flexibility index (Phi) is 23.3. The van der Waals surface area contributed by atoms with Crippen molar-refractivity contribution in [2.75, 3.05) is 19.7 Å². The van der Waals surface area contributed by atoms with Gasteiger partial charge in [0.05, 0.1) is 13.0 Å². The van der Waals surface area contributed by atoms with Gasteiger partial charge < -0.3 is 80.2 Å². The minimum absolute atomic E-state index is 0.0706. The van der Waals surface area contributed by atoms with E-state index in [-0.39, 0.29) is 56.9 Å². The number of likely N-dealkylation sites (tertiary alicyclic amines) is 1. The van der Waals surface area contributed by atoms with Crippen molar-refractivity contribution in [2.45, 2.75) is 120 Å². The highest BCUT2D eigenvalue weighted by atomic mass is 16.4. The van der Waals surface area contributed by atoms with Crippen LogP contribution in [0.25, 0.3) is 0 Å². The molecule has 0 unspecified atom stereocenters. The average Bonchev–Trinajstić information content (AvgIpc) is 3.82. The SMILES string of the molecule is CC(C)[C@H](NC(=O)[C@H](Cc1ccccc1)NC(=O)[C@H](CCC(=O)O)NC(=O)[C@H](CC(N)=O)NC(=O)[C@H](Cc1ccc(O)cc1)NC(=O)[C@@H]1CCCN1C(=O)[C@@H](N)CO)C(=O)N[C@@H](CCCN=C(N)N)C(=O)O. The smallest absolute Gasteiger partial charge is 0.326 e. The van der Waals surface area contributed by atoms with Crippen LogP contribution in [0.5, 0.6) is 5.75 Å². The number of nitrogens with zero attached hydrogens (tertiary/aromatic N) is 2. The summed E-state index contributed by atoms with van der Waals surface area (Å²) in [5, 5.41) is 53.5. The normalized spacial score (nSPS) is 16.0. The molecule has 18 N–H and O–H groups in total. The maximum atomic E-state index is 14.2. The highest BCUT2D eigenvalue weighted by molar-refractivity contribution is 5.99. The highest BCUT2D eigenvalue weighted by Gasteiger charge is 2.39. The summed E-state index contributed by atoms with van der Waals surface area (Å²) in [6.07, 6.45) is -1.95. The summed E-state index contributed by atoms with van der Waals surface area (Å²) in [5.41, 5.74) is 22.8. The highest BCUT2D eigenvalue weighted by Crippen LogP contribution is 2.20. The zero-order valence-corrected chi connectivity index (χ0v) is 40.0. The predicted molar refractivity (Wildman–Crippen MR) is 256 cm³/mol. The van der Waals surface area contributed by atoms with Crippen LogP contribution in [-0.2, 0) is 60.8 Å². The number of aliphatic carboxylic acids is 2. The number of nitrogens with one attached hydrogen (secondary N) is 6. The number of benzene rings is 2. The lowest BCUT2D eigenvalue weighted by molar-refractivity contribution is -0.143. The first-order valence-electron chi connectivity index (χ1n) is 23.1. The molecule has 1 heterocycles. The molecule has 72 heavy (non-hydrogen) atoms. The van der Waals surface area contributed by atoms with Gasteiger partial charge in [0.25, 0.3) is 0 Å². The lowest BCUT2D eigenvalue weighted by Gasteiger charge is -2.29. The van der Waals surface area contributed by atoms with Gasteiger partial charge in [-0.2, -0.15) is 0 Å². The number of carbonyl (C=O) groups is 10. The third kappa shape index (κ3) is 19.1. The largest absolute Gasteiger partial charge is 0.508 e. The van der Waals surface area contributed by atoms with Gasteiger partial charge in [0, 0.05) is 32.4 Å². The van der Waals surface area contributed by atoms with Gasteiger partial charge in [0.15, 0.2) is 5.96 Å². The van der Waals surface area contributed by atoms with Crippen LogP contribution >= 0.6 is 0 Å². The molecular formula is C46H66N12O14. The number of rotatable bonds is 29. The third-order valence-electron chi connectivity index (χ3n) is 11.4. The molecule has 0 radical (unpaired) electrons. The van der Waals surface area contributed by atoms with E-state index < -0.39 is 139 Å². The number of aromatic hydroxyl groups is 1. The number of aliphatic hydroxyl groups excluding tert-OH is 1. The molecule has 26 heteroatoms. The van der Waals surface area contributed by atoms with Gasteiger partial charge in [-0.25, -0.2) is 4.79 Å². The summed E-state index contributed by atoms with van der Waals surface area (Å²) in [4.78, 5) is 138. The Morgan fingerprint density at radius 1 is 0.694 bits per heavy atom. The minimum atomic E-state index is -1.85. The molecule has 3 rings (SSSR count). The second kappa shape index (κ2) is 28.7. The Labute approximate surface area is 414 Å². The van der Waals surface area contributed by atoms with Gasteiger partial charge in [0.1, 0.15) is 54.1 Å². The van der Waals surface area contributed by atoms with Crippen molar-refractivity contribution in [3.63, 3.8) is 0 Å². The quantitative estimate of drug-likeness (QED) is 0.0209. The van der Waals surface area contributed by atoms with E-state index in [9.17, 15) is 68.4 Å². The van der Waals surface area contributed by atoms with Crippen LogP contribution in [0.3, 0.4) is 0 Å². The van der Waals surface area contributed by atoms with E-state index in [4.69, 9.17) is 22.9 Å². The van der Waals surface area contributed by atoms with E-state index in [0.717, 1.165) is 0 Å². The van der Waals surface area contributed by atoms with Gasteiger partial charge in [-0.15, -0.1) is 0 Å². The molecule has 0 spiro atoms. The van der Waals surface area contributed by atoms with E-state index >= 15 is 0 Å². The molecule has 8 amide bonds. The molecule has 0 aliphatic carbocycles. The van der Waals surface area contributed by atoms with Crippen LogP contribution in [0.4, 0.5) is 0 Å². The molecule has 1 saturated heterocycles. The molecule has 1 fully saturated rings. The van der Waals surface area contributed by atoms with Crippen LogP contribution in [0, 0.1) is 5.92 Å². The maximum absolute atomic E-state index is 14.2. The zero-order chi connectivity index (χ0) is 53.7. The Bertz CT molecular complexity index is 2260. The van der Waals surface area contributed by atoms with Crippen molar-refractivity contribution >= 4 is 65.2 Å². The van der Waals surface area contributed by atoms with Crippen LogP contribution in [-0.4, -0.2) is 159 Å². The summed E-state index contributed by atoms with van der Waals surface area (Å²) < 4.78 is 0. The van der Waals surface area contributed by atoms with E-state index in [0.29, 0.717) is 17.5 Å². The van der Waals surface area contributed by atoms with Crippen molar-refractivity contribution in [2.24, 2.45) is 33.8 Å². The second-order valence-electron chi connectivity index (χ2n) is 17.5. The lowest BCUT2D eigenvalue weighted by atomic mass is 9.99. The number of guanidine groups is 1. The van der Waals surface area contributed by atoms with Crippen LogP contribution in [0.15, 0.2) is 59.6 Å². The monoisotopic (exact) mass is 1010 g/mol. The molecule has 1 aliphatic rings. The molecule has 394 valence electrons. The summed E-state index contributed by atoms with van der Waals surface area (Å²) in [6, 6.07) is 2.00. The van der Waals surface area contributed by atoms with Gasteiger partial charge >= 0.3 is 11.9 Å². The standard InChI is InChI=1S/C46H66N12O14/c1-24(2)37(43(69)53-30(45(71)72)10-6-18-51-46(49)50)57-41(67)32(20-25-8-4-3-5-9-25)54-38(64)29(16-17-36(62)63)52-40(66)33(22-35(48)61)55-39(65)31(21-26-12-14-27(60)15-13-26)56-42(68)34-11-7-19-58(34)44(70)28(47)23-59/h3-5,8-9,12-15,24,28-34,37,59-60H,6-7,10-11,16-23,47H2,1-2H3,(H2,48,61)(H,52,66)(H,53,69)(H,54,64)(H,55,65)(H,56,68)(H,57,67)(H,62,63)(H,71,72)(H4,49,50,51)/t28-,29-,30-,31-,32-,33-,34-,37-/m0/s1. The van der Waals surface area contributed by atoms with Gasteiger partial charge in [-0.3, -0.25) is 48.1 Å². The second-order valence-corrected chi connectivity index (χ2v) is 17.5. The number of amides is 8. The number of hydrogen-bond donors (Lipinski definition) is 14. The summed E-state index contributed by atoms with van der Waals surface area (Å²) in [7, 11) is 0. The van der Waals surface area contributed by atoms with Crippen molar-refractivity contribution in [3.05, 3.63) is 65.7 Å². The van der Waals surface area contributed by atoms with Crippen molar-refractivity contribution < 1.29 is 68.4 Å². The molecule has 0 bridgehead atoms. The number of phenolic OH excluding ortho intramolecular Hbond substituents is 1. The first-order chi connectivity index (χ1) is 34.0. The number of carbonyl (C=O) groups excluding carboxylic acids is 8. The van der Waals surface area contributed by atoms with Crippen molar-refractivity contribution in [1.82, 2.24) is 36.8 Å². The molecule has 8 atom stereocenters. The number of aliphatic imine (C=N–C) groups is 1. The van der Waals surface area contributed by atoms with Gasteiger partial charge in [0.2, 0.25) is 47.3 Å². The van der Waals surface area contributed by atoms with Crippen LogP contribution < -0.4 is 54.8 Å². The van der Waals surface area contributed by atoms with Crippen LogP contribution in [0.2, 0.25) is 0 Å². The molecule has 2 aromatic carbocycles. The zero-order valence-electron chi connectivity index (χ0n) is 40.0. The Hall–Kier alpha value is -7.87. The molecule has 0 aromatic heterocycles. The molecule has 1 aliphatic heterocycles. The molecule has 0 saturated carbocycles. The summed E-state index contributed by atoms with van der Waals surface area (Å²) in [5.74, 6) is -11.5. The number of primary amides is 1. The molecular weight excluding hydrogens is 945 g/mol. The number of nitrogens with two attached hydrogens (primary N) is 4. The lowest BCUT2D eigenvalue weighted by Crippen LogP contribution is -2.61. The van der Waals surface area contributed by atoms with Crippen LogP contribution in [0.1, 0.15) is 69.9 Å². The number of carboxylic acid groups (broad SMARTS) is 2. The summed E-state index contributed by atoms with van der Waals surface area (Å²) >= 11 is 0. The molecule has 26 nitrogen and oxygen atoms in total. The number of hydrogen-bond acceptors (Lipinski definition) is 14. The van der Waals surface area contributed by atoms with E-state index in [1.54, 1.807) is 44.2 Å². The average molecular weight is 1010 g/mol. The summed E-state index contributed by atoms with van der Waals surface area (Å²) in [6.45, 7) is 2.68. The van der Waals surface area contributed by atoms with Gasteiger partial charge in [-0.05, 0) is 61.3 Å². The fourth-order valence-electron chi connectivity index (χ4n) is 7.57. The van der Waals surface area contributed by atoms with E-state index in [2.05, 4.69) is 36.9 Å². The van der Waals surface area contributed by atoms with Crippen molar-refractivity contribution in [3.8, 4) is 5.75 Å². The third-order valence-corrected chi connectivity index (χ3v) is 11.4. The Morgan fingerprint density at radius 2 is 1.24 bits per heavy atom. The van der Waals surface area contributed by atoms with E-state index in [1.807, 2.05) is 0 Å². The Balaban J connectivity index is 1.91. The minimum Gasteiger partial charge on any atom is -0.508 e. The number of carboxylic acids is 2. The molecule has 2 aromatic rings. The number of aliphatic hydroxyl groups is 1. The Morgan fingerprint density at radius 3 is 1.81 bits per heavy atom. The van der Waals surface area contributed by atoms with E-state index in [1.165, 1.54) is 29.2 Å². The van der Waals surface area contributed by atoms with Crippen molar-refractivity contribution in [1.29, 1.82) is 0 Å². The predicted octanol–water partition coefficient (Wildman–Crippen LogP) is -4.07.